The van der Waals surface area contributed by atoms with Crippen LogP contribution < -0.4 is 0 Å². The molecule has 0 aliphatic carbocycles. The number of methoxy groups -OCH3 is 1. The van der Waals surface area contributed by atoms with Gasteiger partial charge in [-0.05, 0) is 26.3 Å². The number of aryl methyl sites for hydroxylation is 1. The van der Waals surface area contributed by atoms with Gasteiger partial charge in [0.2, 0.25) is 0 Å². The number of carbonyl (C=O) groups is 1. The van der Waals surface area contributed by atoms with E-state index in [0.29, 0.717) is 0 Å². The largest absolute Gasteiger partial charge is 0.469 e. The van der Waals surface area contributed by atoms with Crippen molar-refractivity contribution in [1.82, 2.24) is 9.88 Å². The van der Waals surface area contributed by atoms with Gasteiger partial charge in [-0.2, -0.15) is 0 Å². The van der Waals surface area contributed by atoms with Gasteiger partial charge >= 0.3 is 5.97 Å². The van der Waals surface area contributed by atoms with E-state index in [1.165, 1.54) is 7.11 Å². The molecule has 0 aromatic carbocycles. The average molecular weight is 254 g/mol. The van der Waals surface area contributed by atoms with Crippen molar-refractivity contribution in [3.05, 3.63) is 16.1 Å². The second-order valence-electron chi connectivity index (χ2n) is 4.48. The number of carbonyl (C=O) groups excluding carboxylic acids is 1. The SMILES string of the molecule is COC(=O)[C@H]1CCCN(Cc2nc(C)cs2)C1. The standard InChI is InChI=1S/C12H18N2O2S/c1-9-8-17-11(13-9)7-14-5-3-4-10(6-14)12(15)16-2/h8,10H,3-7H2,1-2H3/t10-/m0/s1. The molecule has 2 heterocycles. The zero-order chi connectivity index (χ0) is 12.3. The summed E-state index contributed by atoms with van der Waals surface area (Å²) < 4.78 is 4.81. The number of likely N-dealkylation sites (tertiary alicyclic amines) is 1. The maximum atomic E-state index is 11.5. The van der Waals surface area contributed by atoms with Gasteiger partial charge in [0, 0.05) is 17.6 Å². The van der Waals surface area contributed by atoms with E-state index >= 15 is 0 Å². The van der Waals surface area contributed by atoms with Crippen LogP contribution in [0, 0.1) is 12.8 Å². The highest BCUT2D eigenvalue weighted by Gasteiger charge is 2.26. The minimum absolute atomic E-state index is 0.0369. The molecule has 4 nitrogen and oxygen atoms in total. The van der Waals surface area contributed by atoms with Crippen molar-refractivity contribution in [3.8, 4) is 0 Å². The first-order valence-electron chi connectivity index (χ1n) is 5.90. The zero-order valence-corrected chi connectivity index (χ0v) is 11.1. The van der Waals surface area contributed by atoms with Crippen molar-refractivity contribution in [1.29, 1.82) is 0 Å². The predicted molar refractivity (Wildman–Crippen MR) is 66.9 cm³/mol. The van der Waals surface area contributed by atoms with Crippen LogP contribution in [0.25, 0.3) is 0 Å². The van der Waals surface area contributed by atoms with Crippen LogP contribution in [-0.2, 0) is 16.1 Å². The van der Waals surface area contributed by atoms with Gasteiger partial charge in [0.25, 0.3) is 0 Å². The fourth-order valence-electron chi connectivity index (χ4n) is 2.22. The first kappa shape index (κ1) is 12.5. The van der Waals surface area contributed by atoms with Gasteiger partial charge in [-0.3, -0.25) is 9.69 Å². The van der Waals surface area contributed by atoms with Crippen LogP contribution in [0.5, 0.6) is 0 Å². The molecular formula is C12H18N2O2S. The summed E-state index contributed by atoms with van der Waals surface area (Å²) in [4.78, 5) is 18.3. The molecule has 5 heteroatoms. The molecule has 1 atom stereocenters. The van der Waals surface area contributed by atoms with Gasteiger partial charge < -0.3 is 4.74 Å². The van der Waals surface area contributed by atoms with Crippen molar-refractivity contribution < 1.29 is 9.53 Å². The van der Waals surface area contributed by atoms with Gasteiger partial charge in [0.1, 0.15) is 5.01 Å². The fourth-order valence-corrected chi connectivity index (χ4v) is 3.04. The van der Waals surface area contributed by atoms with Gasteiger partial charge in [-0.25, -0.2) is 4.98 Å². The summed E-state index contributed by atoms with van der Waals surface area (Å²) >= 11 is 1.69. The van der Waals surface area contributed by atoms with E-state index in [9.17, 15) is 4.79 Å². The Morgan fingerprint density at radius 2 is 2.53 bits per heavy atom. The first-order valence-corrected chi connectivity index (χ1v) is 6.78. The molecule has 0 bridgehead atoms. The summed E-state index contributed by atoms with van der Waals surface area (Å²) in [7, 11) is 1.46. The molecule has 0 unspecified atom stereocenters. The van der Waals surface area contributed by atoms with Crippen molar-refractivity contribution in [2.45, 2.75) is 26.3 Å². The van der Waals surface area contributed by atoms with Crippen LogP contribution in [0.1, 0.15) is 23.5 Å². The molecule has 1 saturated heterocycles. The van der Waals surface area contributed by atoms with Gasteiger partial charge in [0.15, 0.2) is 0 Å². The molecule has 1 aliphatic heterocycles. The summed E-state index contributed by atoms with van der Waals surface area (Å²) in [6.07, 6.45) is 2.00. The maximum Gasteiger partial charge on any atom is 0.309 e. The van der Waals surface area contributed by atoms with Gasteiger partial charge in [0.05, 0.1) is 19.6 Å². The summed E-state index contributed by atoms with van der Waals surface area (Å²) in [6.45, 7) is 4.71. The second kappa shape index (κ2) is 5.60. The van der Waals surface area contributed by atoms with Crippen LogP contribution in [-0.4, -0.2) is 36.1 Å². The topological polar surface area (TPSA) is 42.4 Å². The minimum atomic E-state index is -0.0787. The van der Waals surface area contributed by atoms with Crippen LogP contribution in [0.2, 0.25) is 0 Å². The molecule has 17 heavy (non-hydrogen) atoms. The van der Waals surface area contributed by atoms with E-state index in [-0.39, 0.29) is 11.9 Å². The molecule has 0 radical (unpaired) electrons. The van der Waals surface area contributed by atoms with Crippen molar-refractivity contribution >= 4 is 17.3 Å². The number of hydrogen-bond acceptors (Lipinski definition) is 5. The highest BCUT2D eigenvalue weighted by Crippen LogP contribution is 2.20. The lowest BCUT2D eigenvalue weighted by Gasteiger charge is -2.30. The molecule has 0 amide bonds. The summed E-state index contributed by atoms with van der Waals surface area (Å²) in [6, 6.07) is 0. The van der Waals surface area contributed by atoms with Crippen molar-refractivity contribution in [2.75, 3.05) is 20.2 Å². The third-order valence-corrected chi connectivity index (χ3v) is 4.02. The number of ether oxygens (including phenoxy) is 1. The molecule has 1 aromatic heterocycles. The molecular weight excluding hydrogens is 236 g/mol. The van der Waals surface area contributed by atoms with Crippen molar-refractivity contribution in [3.63, 3.8) is 0 Å². The highest BCUT2D eigenvalue weighted by atomic mass is 32.1. The fraction of sp³-hybridized carbons (Fsp3) is 0.667. The monoisotopic (exact) mass is 254 g/mol. The number of hydrogen-bond donors (Lipinski definition) is 0. The summed E-state index contributed by atoms with van der Waals surface area (Å²) in [5, 5.41) is 3.20. The van der Waals surface area contributed by atoms with E-state index in [1.54, 1.807) is 11.3 Å². The highest BCUT2D eigenvalue weighted by molar-refractivity contribution is 7.09. The summed E-state index contributed by atoms with van der Waals surface area (Å²) in [5.41, 5.74) is 1.08. The lowest BCUT2D eigenvalue weighted by atomic mass is 9.98. The zero-order valence-electron chi connectivity index (χ0n) is 10.3. The molecule has 0 spiro atoms. The molecule has 1 aromatic rings. The molecule has 0 saturated carbocycles. The molecule has 1 aliphatic rings. The quantitative estimate of drug-likeness (QED) is 0.772. The van der Waals surface area contributed by atoms with E-state index in [1.807, 2.05) is 6.92 Å². The molecule has 1 fully saturated rings. The number of thiazole rings is 1. The first-order chi connectivity index (χ1) is 8.19. The lowest BCUT2D eigenvalue weighted by Crippen LogP contribution is -2.38. The molecule has 94 valence electrons. The van der Waals surface area contributed by atoms with Gasteiger partial charge in [-0.1, -0.05) is 0 Å². The van der Waals surface area contributed by atoms with E-state index in [4.69, 9.17) is 4.74 Å². The second-order valence-corrected chi connectivity index (χ2v) is 5.42. The number of esters is 1. The molecule has 2 rings (SSSR count). The third-order valence-electron chi connectivity index (χ3n) is 3.07. The maximum absolute atomic E-state index is 11.5. The van der Waals surface area contributed by atoms with E-state index < -0.39 is 0 Å². The van der Waals surface area contributed by atoms with Gasteiger partial charge in [-0.15, -0.1) is 11.3 Å². The summed E-state index contributed by atoms with van der Waals surface area (Å²) in [5.74, 6) is -0.0418. The third kappa shape index (κ3) is 3.26. The van der Waals surface area contributed by atoms with Crippen LogP contribution in [0.15, 0.2) is 5.38 Å². The Bertz CT molecular complexity index is 392. The van der Waals surface area contributed by atoms with Crippen LogP contribution in [0.3, 0.4) is 0 Å². The van der Waals surface area contributed by atoms with E-state index in [2.05, 4.69) is 15.3 Å². The van der Waals surface area contributed by atoms with E-state index in [0.717, 1.165) is 43.2 Å². The Labute approximate surface area is 106 Å². The Balaban J connectivity index is 1.91. The minimum Gasteiger partial charge on any atom is -0.469 e. The normalized spacial score (nSPS) is 21.4. The van der Waals surface area contributed by atoms with Crippen LogP contribution in [0.4, 0.5) is 0 Å². The lowest BCUT2D eigenvalue weighted by molar-refractivity contribution is -0.147. The number of rotatable bonds is 3. The smallest absolute Gasteiger partial charge is 0.309 e. The average Bonchev–Trinajstić information content (AvgIpc) is 2.74. The number of piperidine rings is 1. The number of aromatic nitrogens is 1. The Morgan fingerprint density at radius 3 is 3.18 bits per heavy atom. The molecule has 0 N–H and O–H groups in total. The Hall–Kier alpha value is -0.940. The van der Waals surface area contributed by atoms with Crippen LogP contribution >= 0.6 is 11.3 Å². The number of nitrogens with zero attached hydrogens (tertiary/aromatic N) is 2. The Morgan fingerprint density at radius 1 is 1.71 bits per heavy atom. The predicted octanol–water partition coefficient (Wildman–Crippen LogP) is 1.84. The van der Waals surface area contributed by atoms with Crippen molar-refractivity contribution in [2.24, 2.45) is 5.92 Å². The Kier molecular flexibility index (Phi) is 4.12.